The highest BCUT2D eigenvalue weighted by Gasteiger charge is 1.96. The molecule has 96 valence electrons. The van der Waals surface area contributed by atoms with Gasteiger partial charge in [-0.1, -0.05) is 41.4 Å². The molecule has 0 aliphatic rings. The van der Waals surface area contributed by atoms with Gasteiger partial charge in [-0.05, 0) is 46.6 Å². The molecule has 18 heavy (non-hydrogen) atoms. The summed E-state index contributed by atoms with van der Waals surface area (Å²) in [6, 6.07) is 11.0. The number of rotatable bonds is 0. The van der Waals surface area contributed by atoms with E-state index in [4.69, 9.17) is 34.7 Å². The van der Waals surface area contributed by atoms with Crippen LogP contribution in [0.5, 0.6) is 0 Å². The van der Waals surface area contributed by atoms with Crippen LogP contribution in [0.25, 0.3) is 0 Å². The van der Waals surface area contributed by atoms with Crippen molar-refractivity contribution >= 4 is 50.5 Å². The van der Waals surface area contributed by atoms with Gasteiger partial charge in [0.1, 0.15) is 0 Å². The van der Waals surface area contributed by atoms with Gasteiger partial charge in [-0.2, -0.15) is 0 Å². The molecule has 0 bridgehead atoms. The van der Waals surface area contributed by atoms with Gasteiger partial charge in [0.25, 0.3) is 0 Å². The van der Waals surface area contributed by atoms with Crippen LogP contribution in [0.1, 0.15) is 5.56 Å². The average Bonchev–Trinajstić information content (AvgIpc) is 2.34. The number of nitrogen functional groups attached to an aromatic ring is 2. The van der Waals surface area contributed by atoms with Crippen LogP contribution in [0.15, 0.2) is 40.9 Å². The Balaban J connectivity index is 0.000000180. The fourth-order valence-electron chi connectivity index (χ4n) is 1.16. The molecule has 0 saturated carbocycles. The number of hydrogen-bond acceptors (Lipinski definition) is 2. The molecule has 4 N–H and O–H groups in total. The van der Waals surface area contributed by atoms with E-state index in [1.54, 1.807) is 12.1 Å². The molecule has 5 heteroatoms. The number of anilines is 2. The molecule has 0 spiro atoms. The van der Waals surface area contributed by atoms with Gasteiger partial charge in [-0.25, -0.2) is 0 Å². The molecule has 0 aliphatic carbocycles. The minimum Gasteiger partial charge on any atom is -0.397 e. The van der Waals surface area contributed by atoms with Crippen molar-refractivity contribution in [2.45, 2.75) is 6.92 Å². The van der Waals surface area contributed by atoms with Gasteiger partial charge in [-0.3, -0.25) is 0 Å². The van der Waals surface area contributed by atoms with Crippen LogP contribution < -0.4 is 11.5 Å². The van der Waals surface area contributed by atoms with Gasteiger partial charge in [0.15, 0.2) is 0 Å². The maximum absolute atomic E-state index is 5.69. The molecule has 0 radical (unpaired) electrons. The van der Waals surface area contributed by atoms with Crippen molar-refractivity contribution in [3.05, 3.63) is 56.5 Å². The predicted octanol–water partition coefficient (Wildman–Crippen LogP) is 4.92. The Morgan fingerprint density at radius 1 is 0.889 bits per heavy atom. The summed E-state index contributed by atoms with van der Waals surface area (Å²) in [5.74, 6) is 0. The van der Waals surface area contributed by atoms with E-state index >= 15 is 0 Å². The Labute approximate surface area is 125 Å². The summed E-state index contributed by atoms with van der Waals surface area (Å²) in [6.07, 6.45) is 0. The van der Waals surface area contributed by atoms with Crippen LogP contribution in [-0.4, -0.2) is 0 Å². The zero-order valence-electron chi connectivity index (χ0n) is 9.75. The summed E-state index contributed by atoms with van der Waals surface area (Å²) < 4.78 is 0.843. The van der Waals surface area contributed by atoms with E-state index in [-0.39, 0.29) is 0 Å². The quantitative estimate of drug-likeness (QED) is 0.665. The highest BCUT2D eigenvalue weighted by Crippen LogP contribution is 2.26. The normalized spacial score (nSPS) is 9.56. The number of halogens is 3. The van der Waals surface area contributed by atoms with Crippen LogP contribution in [0.2, 0.25) is 10.0 Å². The minimum absolute atomic E-state index is 0.587. The van der Waals surface area contributed by atoms with Crippen molar-refractivity contribution in [1.29, 1.82) is 0 Å². The predicted molar refractivity (Wildman–Crippen MR) is 84.2 cm³/mol. The van der Waals surface area contributed by atoms with Gasteiger partial charge >= 0.3 is 0 Å². The Hall–Kier alpha value is -0.900. The van der Waals surface area contributed by atoms with E-state index in [9.17, 15) is 0 Å². The molecule has 0 amide bonds. The topological polar surface area (TPSA) is 52.0 Å². The number of hydrogen-bond donors (Lipinski definition) is 2. The van der Waals surface area contributed by atoms with Crippen molar-refractivity contribution in [1.82, 2.24) is 0 Å². The molecular formula is C13H13BrCl2N2. The first-order chi connectivity index (χ1) is 8.43. The molecular weight excluding hydrogens is 335 g/mol. The van der Waals surface area contributed by atoms with Gasteiger partial charge in [0, 0.05) is 4.47 Å². The number of aryl methyl sites for hydroxylation is 1. The minimum atomic E-state index is 0.587. The van der Waals surface area contributed by atoms with Crippen LogP contribution in [-0.2, 0) is 0 Å². The van der Waals surface area contributed by atoms with Crippen LogP contribution in [0.4, 0.5) is 11.4 Å². The zero-order chi connectivity index (χ0) is 13.7. The first-order valence-electron chi connectivity index (χ1n) is 5.13. The lowest BCUT2D eigenvalue weighted by atomic mass is 10.2. The second-order valence-electron chi connectivity index (χ2n) is 3.61. The lowest BCUT2D eigenvalue weighted by Crippen LogP contribution is -1.88. The molecule has 0 atom stereocenters. The average molecular weight is 348 g/mol. The van der Waals surface area contributed by atoms with Crippen molar-refractivity contribution in [2.75, 3.05) is 11.5 Å². The summed E-state index contributed by atoms with van der Waals surface area (Å²) in [5, 5.41) is 1.22. The van der Waals surface area contributed by atoms with Crippen molar-refractivity contribution in [3.8, 4) is 0 Å². The van der Waals surface area contributed by atoms with Crippen LogP contribution in [0, 0.1) is 6.92 Å². The first-order valence-corrected chi connectivity index (χ1v) is 6.68. The van der Waals surface area contributed by atoms with Crippen LogP contribution in [0.3, 0.4) is 0 Å². The van der Waals surface area contributed by atoms with Crippen molar-refractivity contribution in [2.24, 2.45) is 0 Å². The summed E-state index contributed by atoms with van der Waals surface area (Å²) in [4.78, 5) is 0. The zero-order valence-corrected chi connectivity index (χ0v) is 12.9. The van der Waals surface area contributed by atoms with E-state index < -0.39 is 0 Å². The largest absolute Gasteiger partial charge is 0.397 e. The molecule has 0 saturated heterocycles. The van der Waals surface area contributed by atoms with E-state index in [0.717, 1.165) is 10.0 Å². The third kappa shape index (κ3) is 4.09. The van der Waals surface area contributed by atoms with Gasteiger partial charge in [0.05, 0.1) is 21.4 Å². The third-order valence-electron chi connectivity index (χ3n) is 2.27. The molecule has 2 aromatic carbocycles. The van der Waals surface area contributed by atoms with Gasteiger partial charge in [-0.15, -0.1) is 0 Å². The molecule has 0 unspecified atom stereocenters. The molecule has 0 aliphatic heterocycles. The number of para-hydroxylation sites is 2. The summed E-state index contributed by atoms with van der Waals surface area (Å²) in [6.45, 7) is 1.93. The Kier molecular flexibility index (Phi) is 5.79. The van der Waals surface area contributed by atoms with E-state index in [1.165, 1.54) is 0 Å². The summed E-state index contributed by atoms with van der Waals surface area (Å²) in [7, 11) is 0. The van der Waals surface area contributed by atoms with Crippen molar-refractivity contribution < 1.29 is 0 Å². The standard InChI is InChI=1S/C7H8ClN.C6H5BrClN/c1-5-3-2-4-6(8)7(5)9;7-4-2-1-3-5(8)6(4)9/h2-4H,9H2,1H3;1-3H,9H2. The first kappa shape index (κ1) is 15.2. The maximum Gasteiger partial charge on any atom is 0.0647 e. The molecule has 0 heterocycles. The Morgan fingerprint density at radius 2 is 1.39 bits per heavy atom. The smallest absolute Gasteiger partial charge is 0.0647 e. The molecule has 2 rings (SSSR count). The maximum atomic E-state index is 5.69. The number of nitrogens with two attached hydrogens (primary N) is 2. The monoisotopic (exact) mass is 346 g/mol. The lowest BCUT2D eigenvalue weighted by molar-refractivity contribution is 1.47. The summed E-state index contributed by atoms with van der Waals surface area (Å²) in [5.41, 5.74) is 13.4. The SMILES string of the molecule is Cc1cccc(Cl)c1N.Nc1c(Cl)cccc1Br. The Bertz CT molecular complexity index is 455. The fraction of sp³-hybridized carbons (Fsp3) is 0.0769. The highest BCUT2D eigenvalue weighted by molar-refractivity contribution is 9.10. The van der Waals surface area contributed by atoms with E-state index in [2.05, 4.69) is 15.9 Å². The molecule has 0 aromatic heterocycles. The van der Waals surface area contributed by atoms with E-state index in [1.807, 2.05) is 31.2 Å². The fourth-order valence-corrected chi connectivity index (χ4v) is 2.03. The van der Waals surface area contributed by atoms with Gasteiger partial charge < -0.3 is 11.5 Å². The Morgan fingerprint density at radius 3 is 1.78 bits per heavy atom. The van der Waals surface area contributed by atoms with Crippen molar-refractivity contribution in [3.63, 3.8) is 0 Å². The van der Waals surface area contributed by atoms with E-state index in [0.29, 0.717) is 21.4 Å². The van der Waals surface area contributed by atoms with Crippen LogP contribution >= 0.6 is 39.1 Å². The second-order valence-corrected chi connectivity index (χ2v) is 5.27. The second kappa shape index (κ2) is 6.88. The lowest BCUT2D eigenvalue weighted by Gasteiger charge is -1.98. The van der Waals surface area contributed by atoms with Gasteiger partial charge in [0.2, 0.25) is 0 Å². The molecule has 0 fully saturated rings. The highest BCUT2D eigenvalue weighted by atomic mass is 79.9. The molecule has 2 nitrogen and oxygen atoms in total. The third-order valence-corrected chi connectivity index (χ3v) is 3.62. The molecule has 2 aromatic rings. The number of benzene rings is 2. The summed E-state index contributed by atoms with van der Waals surface area (Å²) >= 11 is 14.6.